The molecule has 0 unspecified atom stereocenters. The van der Waals surface area contributed by atoms with Crippen LogP contribution in [-0.4, -0.2) is 40.2 Å². The predicted molar refractivity (Wildman–Crippen MR) is 128 cm³/mol. The Bertz CT molecular complexity index is 1350. The van der Waals surface area contributed by atoms with Crippen molar-refractivity contribution >= 4 is 23.1 Å². The van der Waals surface area contributed by atoms with E-state index in [1.165, 1.54) is 7.11 Å². The van der Waals surface area contributed by atoms with E-state index in [4.69, 9.17) is 15.2 Å². The molecule has 0 radical (unpaired) electrons. The van der Waals surface area contributed by atoms with Crippen LogP contribution < -0.4 is 15.8 Å². The van der Waals surface area contributed by atoms with E-state index in [2.05, 4.69) is 15.4 Å². The zero-order valence-corrected chi connectivity index (χ0v) is 18.9. The molecule has 0 atom stereocenters. The molecular formula is C25H25N5O4. The first-order valence-electron chi connectivity index (χ1n) is 10.8. The maximum atomic E-state index is 13.4. The number of hydrogen-bond donors (Lipinski definition) is 2. The molecule has 9 nitrogen and oxygen atoms in total. The smallest absolute Gasteiger partial charge is 0.310 e. The molecule has 0 aliphatic rings. The number of anilines is 1. The molecule has 0 spiro atoms. The van der Waals surface area contributed by atoms with Gasteiger partial charge in [-0.2, -0.15) is 0 Å². The lowest BCUT2D eigenvalue weighted by Crippen LogP contribution is -2.18. The number of carbonyl (C=O) groups excluding carboxylic acids is 2. The summed E-state index contributed by atoms with van der Waals surface area (Å²) in [7, 11) is 1.53. The maximum Gasteiger partial charge on any atom is 0.310 e. The fourth-order valence-corrected chi connectivity index (χ4v) is 3.56. The highest BCUT2D eigenvalue weighted by Crippen LogP contribution is 2.25. The van der Waals surface area contributed by atoms with Crippen molar-refractivity contribution < 1.29 is 19.1 Å². The van der Waals surface area contributed by atoms with Crippen molar-refractivity contribution in [3.8, 4) is 17.1 Å². The van der Waals surface area contributed by atoms with Gasteiger partial charge in [0.15, 0.2) is 11.5 Å². The van der Waals surface area contributed by atoms with Gasteiger partial charge in [0.25, 0.3) is 5.91 Å². The minimum absolute atomic E-state index is 0.00882. The summed E-state index contributed by atoms with van der Waals surface area (Å²) in [5, 5.41) is 7.42. The number of aromatic nitrogens is 3. The molecule has 4 rings (SSSR count). The van der Waals surface area contributed by atoms with Crippen LogP contribution in [0.5, 0.6) is 5.75 Å². The Labute approximate surface area is 196 Å². The van der Waals surface area contributed by atoms with Gasteiger partial charge in [-0.05, 0) is 42.3 Å². The van der Waals surface area contributed by atoms with Crippen LogP contribution in [-0.2, 0) is 22.5 Å². The molecule has 0 aliphatic heterocycles. The number of carbonyl (C=O) groups is 2. The Morgan fingerprint density at radius 1 is 1.12 bits per heavy atom. The van der Waals surface area contributed by atoms with E-state index in [0.717, 1.165) is 11.1 Å². The quantitative estimate of drug-likeness (QED) is 0.388. The van der Waals surface area contributed by atoms with Crippen molar-refractivity contribution in [2.75, 3.05) is 19.0 Å². The van der Waals surface area contributed by atoms with E-state index in [1.807, 2.05) is 24.3 Å². The number of nitrogens with zero attached hydrogens (tertiary/aromatic N) is 3. The van der Waals surface area contributed by atoms with Gasteiger partial charge in [-0.25, -0.2) is 9.50 Å². The van der Waals surface area contributed by atoms with Crippen molar-refractivity contribution in [2.45, 2.75) is 19.9 Å². The molecule has 174 valence electrons. The Morgan fingerprint density at radius 2 is 1.97 bits per heavy atom. The van der Waals surface area contributed by atoms with E-state index in [0.29, 0.717) is 34.9 Å². The normalized spacial score (nSPS) is 10.8. The molecule has 0 bridgehead atoms. The summed E-state index contributed by atoms with van der Waals surface area (Å²) in [5.74, 6) is 0.0983. The topological polar surface area (TPSA) is 121 Å². The van der Waals surface area contributed by atoms with Gasteiger partial charge in [0.1, 0.15) is 5.75 Å². The monoisotopic (exact) mass is 459 g/mol. The van der Waals surface area contributed by atoms with E-state index in [9.17, 15) is 9.59 Å². The highest BCUT2D eigenvalue weighted by Gasteiger charge is 2.19. The standard InChI is InChI=1S/C25H25N5O4/c1-3-34-22(31)13-17-9-10-19(33-2)14-20(17)27-25(32)23-21-8-5-11-30(21)29-24(28-23)18-7-4-6-16(12-18)15-26/h4-12,14H,3,13,15,26H2,1-2H3,(H,27,32). The summed E-state index contributed by atoms with van der Waals surface area (Å²) < 4.78 is 12.0. The van der Waals surface area contributed by atoms with Crippen LogP contribution in [0.1, 0.15) is 28.5 Å². The van der Waals surface area contributed by atoms with Gasteiger partial charge in [0.2, 0.25) is 0 Å². The molecule has 2 aromatic heterocycles. The summed E-state index contributed by atoms with van der Waals surface area (Å²) in [5.41, 5.74) is 9.23. The van der Waals surface area contributed by atoms with Gasteiger partial charge >= 0.3 is 5.97 Å². The third kappa shape index (κ3) is 4.89. The molecule has 0 saturated heterocycles. The molecule has 2 heterocycles. The van der Waals surface area contributed by atoms with E-state index in [1.54, 1.807) is 48.0 Å². The lowest BCUT2D eigenvalue weighted by atomic mass is 10.1. The molecule has 4 aromatic rings. The largest absolute Gasteiger partial charge is 0.497 e. The molecule has 0 aliphatic carbocycles. The Kier molecular flexibility index (Phi) is 6.84. The van der Waals surface area contributed by atoms with E-state index < -0.39 is 5.91 Å². The second-order valence-electron chi connectivity index (χ2n) is 7.49. The zero-order chi connectivity index (χ0) is 24.1. The van der Waals surface area contributed by atoms with Gasteiger partial charge in [0.05, 0.1) is 25.7 Å². The number of nitrogens with two attached hydrogens (primary N) is 1. The molecule has 9 heteroatoms. The minimum atomic E-state index is -0.444. The van der Waals surface area contributed by atoms with Crippen LogP contribution in [0.2, 0.25) is 0 Å². The Hall–Kier alpha value is -4.24. The fourth-order valence-electron chi connectivity index (χ4n) is 3.56. The average molecular weight is 460 g/mol. The lowest BCUT2D eigenvalue weighted by molar-refractivity contribution is -0.142. The number of ether oxygens (including phenoxy) is 2. The van der Waals surface area contributed by atoms with Crippen LogP contribution in [0, 0.1) is 0 Å². The summed E-state index contributed by atoms with van der Waals surface area (Å²) >= 11 is 0. The summed E-state index contributed by atoms with van der Waals surface area (Å²) in [4.78, 5) is 30.0. The second-order valence-corrected chi connectivity index (χ2v) is 7.49. The SMILES string of the molecule is CCOC(=O)Cc1ccc(OC)cc1NC(=O)c1nc(-c2cccc(CN)c2)nn2cccc12. The van der Waals surface area contributed by atoms with E-state index >= 15 is 0 Å². The van der Waals surface area contributed by atoms with Crippen LogP contribution >= 0.6 is 0 Å². The second kappa shape index (κ2) is 10.1. The first-order chi connectivity index (χ1) is 16.5. The predicted octanol–water partition coefficient (Wildman–Crippen LogP) is 3.22. The van der Waals surface area contributed by atoms with Gasteiger partial charge in [0, 0.05) is 30.1 Å². The third-order valence-corrected chi connectivity index (χ3v) is 5.23. The molecule has 34 heavy (non-hydrogen) atoms. The van der Waals surface area contributed by atoms with Crippen molar-refractivity contribution in [1.29, 1.82) is 0 Å². The Morgan fingerprint density at radius 3 is 2.74 bits per heavy atom. The first-order valence-corrected chi connectivity index (χ1v) is 10.8. The van der Waals surface area contributed by atoms with Gasteiger partial charge in [-0.3, -0.25) is 9.59 Å². The Balaban J connectivity index is 1.72. The lowest BCUT2D eigenvalue weighted by Gasteiger charge is -2.13. The summed E-state index contributed by atoms with van der Waals surface area (Å²) in [6.45, 7) is 2.40. The molecule has 1 amide bonds. The average Bonchev–Trinajstić information content (AvgIpc) is 3.33. The third-order valence-electron chi connectivity index (χ3n) is 5.23. The summed E-state index contributed by atoms with van der Waals surface area (Å²) in [6.07, 6.45) is 1.76. The number of nitrogens with one attached hydrogen (secondary N) is 1. The number of hydrogen-bond acceptors (Lipinski definition) is 7. The van der Waals surface area contributed by atoms with Gasteiger partial charge in [-0.15, -0.1) is 5.10 Å². The van der Waals surface area contributed by atoms with Crippen LogP contribution in [0.4, 0.5) is 5.69 Å². The van der Waals surface area contributed by atoms with E-state index in [-0.39, 0.29) is 24.7 Å². The van der Waals surface area contributed by atoms with Gasteiger partial charge in [-0.1, -0.05) is 24.3 Å². The van der Waals surface area contributed by atoms with Crippen LogP contribution in [0.3, 0.4) is 0 Å². The number of esters is 1. The molecule has 3 N–H and O–H groups in total. The van der Waals surface area contributed by atoms with Crippen molar-refractivity contribution in [2.24, 2.45) is 5.73 Å². The number of methoxy groups -OCH3 is 1. The maximum absolute atomic E-state index is 13.4. The number of benzene rings is 2. The van der Waals surface area contributed by atoms with Crippen LogP contribution in [0.25, 0.3) is 16.9 Å². The fraction of sp³-hybridized carbons (Fsp3) is 0.200. The summed E-state index contributed by atoms with van der Waals surface area (Å²) in [6, 6.07) is 16.2. The van der Waals surface area contributed by atoms with Crippen LogP contribution in [0.15, 0.2) is 60.8 Å². The highest BCUT2D eigenvalue weighted by molar-refractivity contribution is 6.08. The molecular weight excluding hydrogens is 434 g/mol. The number of amides is 1. The molecule has 0 saturated carbocycles. The van der Waals surface area contributed by atoms with Crippen molar-refractivity contribution in [3.05, 3.63) is 77.6 Å². The highest BCUT2D eigenvalue weighted by atomic mass is 16.5. The molecule has 0 fully saturated rings. The number of rotatable bonds is 8. The zero-order valence-electron chi connectivity index (χ0n) is 18.9. The minimum Gasteiger partial charge on any atom is -0.497 e. The van der Waals surface area contributed by atoms with Crippen molar-refractivity contribution in [1.82, 2.24) is 14.6 Å². The number of fused-ring (bicyclic) bond motifs is 1. The first kappa shape index (κ1) is 22.9. The molecule has 2 aromatic carbocycles. The van der Waals surface area contributed by atoms with Crippen molar-refractivity contribution in [3.63, 3.8) is 0 Å². The van der Waals surface area contributed by atoms with Gasteiger partial charge < -0.3 is 20.5 Å².